The smallest absolute Gasteiger partial charge is 0.324 e. The van der Waals surface area contributed by atoms with Crippen LogP contribution in [-0.4, -0.2) is 38.4 Å². The van der Waals surface area contributed by atoms with Gasteiger partial charge in [0.25, 0.3) is 0 Å². The summed E-state index contributed by atoms with van der Waals surface area (Å²) >= 11 is 0. The van der Waals surface area contributed by atoms with E-state index in [0.717, 1.165) is 24.0 Å². The fraction of sp³-hybridized carbons (Fsp3) is 0.533. The number of carbonyl (C=O) groups excluding carboxylic acids is 1. The fourth-order valence-corrected chi connectivity index (χ4v) is 4.31. The average Bonchev–Trinajstić information content (AvgIpc) is 2.49. The Morgan fingerprint density at radius 3 is 2.57 bits per heavy atom. The second kappa shape index (κ2) is 6.15. The summed E-state index contributed by atoms with van der Waals surface area (Å²) in [5.74, 6) is -0.484. The minimum Gasteiger partial charge on any atom is -0.468 e. The van der Waals surface area contributed by atoms with Crippen molar-refractivity contribution in [1.29, 1.82) is 0 Å². The topological polar surface area (TPSA) is 63.7 Å². The van der Waals surface area contributed by atoms with E-state index < -0.39 is 22.0 Å². The lowest BCUT2D eigenvalue weighted by molar-refractivity contribution is -0.146. The molecule has 21 heavy (non-hydrogen) atoms. The number of ether oxygens (including phenoxy) is 1. The number of carbonyl (C=O) groups is 1. The zero-order valence-electron chi connectivity index (χ0n) is 12.6. The molecule has 1 heterocycles. The van der Waals surface area contributed by atoms with Crippen LogP contribution in [0, 0.1) is 13.8 Å². The molecular formula is C15H21NO4S. The van der Waals surface area contributed by atoms with Gasteiger partial charge in [-0.3, -0.25) is 4.79 Å². The van der Waals surface area contributed by atoms with E-state index >= 15 is 0 Å². The summed E-state index contributed by atoms with van der Waals surface area (Å²) in [7, 11) is -2.38. The van der Waals surface area contributed by atoms with Gasteiger partial charge in [-0.2, -0.15) is 4.31 Å². The first kappa shape index (κ1) is 16.0. The highest BCUT2D eigenvalue weighted by atomic mass is 32.2. The van der Waals surface area contributed by atoms with Crippen molar-refractivity contribution in [3.8, 4) is 0 Å². The molecule has 1 atom stereocenters. The van der Waals surface area contributed by atoms with Gasteiger partial charge in [-0.05, 0) is 56.4 Å². The SMILES string of the molecule is COC(=O)[C@H]1CCCCN1S(=O)(=O)c1ccc(C)c(C)c1. The summed E-state index contributed by atoms with van der Waals surface area (Å²) in [4.78, 5) is 12.1. The first-order valence-corrected chi connectivity index (χ1v) is 8.49. The van der Waals surface area contributed by atoms with Gasteiger partial charge < -0.3 is 4.74 Å². The van der Waals surface area contributed by atoms with Crippen LogP contribution in [0.1, 0.15) is 30.4 Å². The third-order valence-corrected chi connectivity index (χ3v) is 5.92. The Balaban J connectivity index is 2.40. The maximum Gasteiger partial charge on any atom is 0.324 e. The number of esters is 1. The summed E-state index contributed by atoms with van der Waals surface area (Å²) in [5.41, 5.74) is 1.96. The molecule has 0 aliphatic carbocycles. The zero-order valence-corrected chi connectivity index (χ0v) is 13.4. The molecule has 5 nitrogen and oxygen atoms in total. The van der Waals surface area contributed by atoms with Gasteiger partial charge >= 0.3 is 5.97 Å². The first-order valence-electron chi connectivity index (χ1n) is 7.05. The van der Waals surface area contributed by atoms with E-state index in [4.69, 9.17) is 4.74 Å². The molecule has 1 aliphatic heterocycles. The third kappa shape index (κ3) is 3.11. The van der Waals surface area contributed by atoms with E-state index in [1.165, 1.54) is 11.4 Å². The summed E-state index contributed by atoms with van der Waals surface area (Å²) in [6.07, 6.45) is 2.10. The number of aryl methyl sites for hydroxylation is 2. The molecule has 0 unspecified atom stereocenters. The van der Waals surface area contributed by atoms with Crippen LogP contribution in [0.3, 0.4) is 0 Å². The number of rotatable bonds is 3. The molecule has 0 spiro atoms. The molecule has 0 N–H and O–H groups in total. The molecular weight excluding hydrogens is 290 g/mol. The van der Waals surface area contributed by atoms with E-state index in [9.17, 15) is 13.2 Å². The number of benzene rings is 1. The highest BCUT2D eigenvalue weighted by Crippen LogP contribution is 2.27. The highest BCUT2D eigenvalue weighted by molar-refractivity contribution is 7.89. The normalized spacial score (nSPS) is 20.2. The molecule has 0 bridgehead atoms. The molecule has 1 saturated heterocycles. The van der Waals surface area contributed by atoms with Crippen molar-refractivity contribution in [2.24, 2.45) is 0 Å². The second-order valence-electron chi connectivity index (χ2n) is 5.40. The van der Waals surface area contributed by atoms with Gasteiger partial charge in [-0.25, -0.2) is 8.42 Å². The first-order chi connectivity index (χ1) is 9.87. The number of nitrogens with zero attached hydrogens (tertiary/aromatic N) is 1. The van der Waals surface area contributed by atoms with Crippen molar-refractivity contribution in [2.45, 2.75) is 44.0 Å². The Morgan fingerprint density at radius 2 is 1.95 bits per heavy atom. The molecule has 1 aliphatic rings. The van der Waals surface area contributed by atoms with Gasteiger partial charge in [0.1, 0.15) is 6.04 Å². The maximum atomic E-state index is 12.8. The molecule has 6 heteroatoms. The highest BCUT2D eigenvalue weighted by Gasteiger charge is 2.38. The van der Waals surface area contributed by atoms with Gasteiger partial charge in [0, 0.05) is 6.54 Å². The summed E-state index contributed by atoms with van der Waals surface area (Å²) < 4.78 is 31.6. The van der Waals surface area contributed by atoms with Crippen molar-refractivity contribution >= 4 is 16.0 Å². The second-order valence-corrected chi connectivity index (χ2v) is 7.29. The minimum atomic E-state index is -3.67. The molecule has 0 amide bonds. The van der Waals surface area contributed by atoms with Crippen LogP contribution >= 0.6 is 0 Å². The lowest BCUT2D eigenvalue weighted by Gasteiger charge is -2.32. The lowest BCUT2D eigenvalue weighted by Crippen LogP contribution is -2.48. The molecule has 1 fully saturated rings. The van der Waals surface area contributed by atoms with Gasteiger partial charge in [-0.1, -0.05) is 6.07 Å². The Morgan fingerprint density at radius 1 is 1.24 bits per heavy atom. The van der Waals surface area contributed by atoms with E-state index in [0.29, 0.717) is 13.0 Å². The number of hydrogen-bond acceptors (Lipinski definition) is 4. The molecule has 1 aromatic carbocycles. The van der Waals surface area contributed by atoms with Gasteiger partial charge in [0.15, 0.2) is 0 Å². The molecule has 116 valence electrons. The predicted molar refractivity (Wildman–Crippen MR) is 79.5 cm³/mol. The predicted octanol–water partition coefficient (Wildman–Crippen LogP) is 2.02. The van der Waals surface area contributed by atoms with Crippen LogP contribution in [0.5, 0.6) is 0 Å². The number of piperidine rings is 1. The van der Waals surface area contributed by atoms with Crippen molar-refractivity contribution < 1.29 is 17.9 Å². The molecule has 1 aromatic rings. The molecule has 0 aromatic heterocycles. The quantitative estimate of drug-likeness (QED) is 0.801. The van der Waals surface area contributed by atoms with E-state index in [1.54, 1.807) is 18.2 Å². The average molecular weight is 311 g/mol. The number of methoxy groups -OCH3 is 1. The van der Waals surface area contributed by atoms with Gasteiger partial charge in [0.2, 0.25) is 10.0 Å². The Bertz CT molecular complexity index is 639. The summed E-state index contributed by atoms with van der Waals surface area (Å²) in [6, 6.07) is 4.34. The summed E-state index contributed by atoms with van der Waals surface area (Å²) in [5, 5.41) is 0. The Labute approximate surface area is 126 Å². The third-order valence-electron chi connectivity index (χ3n) is 4.01. The van der Waals surface area contributed by atoms with E-state index in [1.807, 2.05) is 13.8 Å². The molecule has 0 saturated carbocycles. The largest absolute Gasteiger partial charge is 0.468 e. The van der Waals surface area contributed by atoms with Crippen LogP contribution in [-0.2, 0) is 19.6 Å². The van der Waals surface area contributed by atoms with Crippen LogP contribution < -0.4 is 0 Å². The fourth-order valence-electron chi connectivity index (χ4n) is 2.57. The van der Waals surface area contributed by atoms with Crippen molar-refractivity contribution in [2.75, 3.05) is 13.7 Å². The summed E-state index contributed by atoms with van der Waals surface area (Å²) in [6.45, 7) is 4.17. The van der Waals surface area contributed by atoms with Crippen molar-refractivity contribution in [1.82, 2.24) is 4.31 Å². The molecule has 2 rings (SSSR count). The zero-order chi connectivity index (χ0) is 15.6. The lowest BCUT2D eigenvalue weighted by atomic mass is 10.1. The van der Waals surface area contributed by atoms with Crippen LogP contribution in [0.25, 0.3) is 0 Å². The van der Waals surface area contributed by atoms with E-state index in [-0.39, 0.29) is 4.90 Å². The van der Waals surface area contributed by atoms with Crippen LogP contribution in [0.4, 0.5) is 0 Å². The van der Waals surface area contributed by atoms with Crippen molar-refractivity contribution in [3.63, 3.8) is 0 Å². The standard InChI is InChI=1S/C15H21NO4S/c1-11-7-8-13(10-12(11)2)21(18,19)16-9-5-4-6-14(16)15(17)20-3/h7-8,10,14H,4-6,9H2,1-3H3/t14-/m1/s1. The van der Waals surface area contributed by atoms with Gasteiger partial charge in [-0.15, -0.1) is 0 Å². The van der Waals surface area contributed by atoms with Crippen molar-refractivity contribution in [3.05, 3.63) is 29.3 Å². The Kier molecular flexibility index (Phi) is 4.68. The number of hydrogen-bond donors (Lipinski definition) is 0. The molecule has 0 radical (unpaired) electrons. The monoisotopic (exact) mass is 311 g/mol. The maximum absolute atomic E-state index is 12.8. The van der Waals surface area contributed by atoms with E-state index in [2.05, 4.69) is 0 Å². The van der Waals surface area contributed by atoms with Gasteiger partial charge in [0.05, 0.1) is 12.0 Å². The Hall–Kier alpha value is -1.40. The van der Waals surface area contributed by atoms with Crippen LogP contribution in [0.15, 0.2) is 23.1 Å². The van der Waals surface area contributed by atoms with Crippen LogP contribution in [0.2, 0.25) is 0 Å². The minimum absolute atomic E-state index is 0.237. The number of sulfonamides is 1.